The van der Waals surface area contributed by atoms with E-state index in [1.54, 1.807) is 7.11 Å². The molecule has 5 rings (SSSR count). The van der Waals surface area contributed by atoms with Gasteiger partial charge in [-0.2, -0.15) is 0 Å². The van der Waals surface area contributed by atoms with Gasteiger partial charge in [0, 0.05) is 36.9 Å². The highest BCUT2D eigenvalue weighted by Crippen LogP contribution is 2.34. The number of hydrogen-bond donors (Lipinski definition) is 0. The fourth-order valence-corrected chi connectivity index (χ4v) is 5.61. The minimum atomic E-state index is 0.0818. The number of aromatic nitrogens is 3. The van der Waals surface area contributed by atoms with Crippen molar-refractivity contribution in [1.29, 1.82) is 0 Å². The van der Waals surface area contributed by atoms with E-state index < -0.39 is 0 Å². The zero-order valence-electron chi connectivity index (χ0n) is 20.4. The third kappa shape index (κ3) is 4.20. The zero-order chi connectivity index (χ0) is 23.1. The molecule has 2 aliphatic rings. The van der Waals surface area contributed by atoms with Gasteiger partial charge in [-0.1, -0.05) is 6.07 Å². The summed E-state index contributed by atoms with van der Waals surface area (Å²) >= 11 is 0. The highest BCUT2D eigenvalue weighted by atomic mass is 16.5. The summed E-state index contributed by atoms with van der Waals surface area (Å²) in [6.45, 7) is 9.26. The molecule has 2 aromatic heterocycles. The lowest BCUT2D eigenvalue weighted by Crippen LogP contribution is -2.46. The van der Waals surface area contributed by atoms with E-state index in [-0.39, 0.29) is 12.2 Å². The van der Waals surface area contributed by atoms with Gasteiger partial charge in [0.05, 0.1) is 31.4 Å². The second kappa shape index (κ2) is 8.95. The van der Waals surface area contributed by atoms with Crippen molar-refractivity contribution in [1.82, 2.24) is 19.4 Å². The summed E-state index contributed by atoms with van der Waals surface area (Å²) in [5.41, 5.74) is 2.94. The quantitative estimate of drug-likeness (QED) is 0.582. The van der Waals surface area contributed by atoms with Crippen LogP contribution in [0.15, 0.2) is 36.5 Å². The number of morpholine rings is 1. The van der Waals surface area contributed by atoms with Crippen molar-refractivity contribution in [3.63, 3.8) is 0 Å². The SMILES string of the molecule is COc1cccc2nc(-c3ccc(N4[C@@H](C)CC[C@@H]4C)nc3)n(C[C@@H]3CN(C)C[C@H](C)O3)c12. The molecule has 0 spiro atoms. The molecule has 0 bridgehead atoms. The Morgan fingerprint density at radius 1 is 1.06 bits per heavy atom. The average molecular weight is 450 g/mol. The highest BCUT2D eigenvalue weighted by molar-refractivity contribution is 5.86. The van der Waals surface area contributed by atoms with Gasteiger partial charge in [-0.15, -0.1) is 0 Å². The van der Waals surface area contributed by atoms with E-state index in [0.29, 0.717) is 18.6 Å². The summed E-state index contributed by atoms with van der Waals surface area (Å²) in [4.78, 5) is 14.6. The average Bonchev–Trinajstić information content (AvgIpc) is 3.32. The Bertz CT molecular complexity index is 1090. The first-order chi connectivity index (χ1) is 15.9. The van der Waals surface area contributed by atoms with Gasteiger partial charge in [0.1, 0.15) is 22.9 Å². The van der Waals surface area contributed by atoms with Crippen LogP contribution in [0.1, 0.15) is 33.6 Å². The lowest BCUT2D eigenvalue weighted by molar-refractivity contribution is -0.0752. The summed E-state index contributed by atoms with van der Waals surface area (Å²) in [6.07, 6.45) is 4.69. The lowest BCUT2D eigenvalue weighted by atomic mass is 10.2. The molecular weight excluding hydrogens is 414 g/mol. The number of methoxy groups -OCH3 is 1. The molecule has 0 unspecified atom stereocenters. The normalized spacial score (nSPS) is 26.3. The predicted molar refractivity (Wildman–Crippen MR) is 132 cm³/mol. The van der Waals surface area contributed by atoms with Gasteiger partial charge in [0.2, 0.25) is 0 Å². The molecule has 1 aromatic carbocycles. The van der Waals surface area contributed by atoms with E-state index in [1.165, 1.54) is 12.8 Å². The molecule has 0 saturated carbocycles. The molecule has 176 valence electrons. The van der Waals surface area contributed by atoms with Crippen molar-refractivity contribution >= 4 is 16.9 Å². The number of para-hydroxylation sites is 1. The molecule has 4 atom stereocenters. The monoisotopic (exact) mass is 449 g/mol. The van der Waals surface area contributed by atoms with Crippen molar-refractivity contribution < 1.29 is 9.47 Å². The molecule has 7 heteroatoms. The molecule has 2 aliphatic heterocycles. The number of rotatable bonds is 5. The maximum absolute atomic E-state index is 6.30. The van der Waals surface area contributed by atoms with Gasteiger partial charge in [-0.25, -0.2) is 9.97 Å². The molecule has 0 N–H and O–H groups in total. The number of nitrogens with zero attached hydrogens (tertiary/aromatic N) is 5. The number of ether oxygens (including phenoxy) is 2. The van der Waals surface area contributed by atoms with Crippen molar-refractivity contribution in [2.24, 2.45) is 0 Å². The number of benzene rings is 1. The maximum atomic E-state index is 6.30. The predicted octanol–water partition coefficient (Wildman–Crippen LogP) is 4.20. The molecule has 4 heterocycles. The van der Waals surface area contributed by atoms with E-state index in [0.717, 1.165) is 47.1 Å². The second-order valence-electron chi connectivity index (χ2n) is 9.75. The van der Waals surface area contributed by atoms with Crippen molar-refractivity contribution in [2.75, 3.05) is 32.1 Å². The van der Waals surface area contributed by atoms with Crippen LogP contribution in [-0.2, 0) is 11.3 Å². The van der Waals surface area contributed by atoms with Crippen molar-refractivity contribution in [3.05, 3.63) is 36.5 Å². The van der Waals surface area contributed by atoms with Gasteiger partial charge in [0.25, 0.3) is 0 Å². The Hall–Kier alpha value is -2.64. The van der Waals surface area contributed by atoms with E-state index in [1.807, 2.05) is 24.4 Å². The Labute approximate surface area is 196 Å². The topological polar surface area (TPSA) is 55.7 Å². The number of anilines is 1. The lowest BCUT2D eigenvalue weighted by Gasteiger charge is -2.35. The van der Waals surface area contributed by atoms with Crippen LogP contribution in [0.25, 0.3) is 22.4 Å². The first kappa shape index (κ1) is 22.2. The molecule has 33 heavy (non-hydrogen) atoms. The van der Waals surface area contributed by atoms with Gasteiger partial charge in [-0.3, -0.25) is 0 Å². The van der Waals surface area contributed by atoms with Crippen LogP contribution in [0.3, 0.4) is 0 Å². The number of hydrogen-bond acceptors (Lipinski definition) is 6. The van der Waals surface area contributed by atoms with Gasteiger partial charge < -0.3 is 23.8 Å². The van der Waals surface area contributed by atoms with Crippen LogP contribution in [0, 0.1) is 0 Å². The van der Waals surface area contributed by atoms with Crippen LogP contribution in [0.4, 0.5) is 5.82 Å². The molecule has 0 aliphatic carbocycles. The smallest absolute Gasteiger partial charge is 0.144 e. The summed E-state index contributed by atoms with van der Waals surface area (Å²) in [6, 6.07) is 11.4. The minimum absolute atomic E-state index is 0.0818. The fourth-order valence-electron chi connectivity index (χ4n) is 5.61. The summed E-state index contributed by atoms with van der Waals surface area (Å²) in [5, 5.41) is 0. The van der Waals surface area contributed by atoms with Gasteiger partial charge in [0.15, 0.2) is 0 Å². The number of fused-ring (bicyclic) bond motifs is 1. The zero-order valence-corrected chi connectivity index (χ0v) is 20.4. The van der Waals surface area contributed by atoms with Crippen LogP contribution >= 0.6 is 0 Å². The van der Waals surface area contributed by atoms with E-state index in [4.69, 9.17) is 19.4 Å². The largest absolute Gasteiger partial charge is 0.494 e. The van der Waals surface area contributed by atoms with Crippen LogP contribution in [0.5, 0.6) is 5.75 Å². The first-order valence-corrected chi connectivity index (χ1v) is 12.1. The molecule has 3 aromatic rings. The van der Waals surface area contributed by atoms with Crippen molar-refractivity contribution in [3.8, 4) is 17.1 Å². The Balaban J connectivity index is 1.54. The standard InChI is InChI=1S/C26H35N5O2/c1-17-9-10-18(2)31(17)24-12-11-20(13-27-24)26-28-22-7-6-8-23(32-5)25(22)30(26)16-21-15-29(4)14-19(3)33-21/h6-8,11-13,17-19,21H,9-10,14-16H2,1-5H3/t17-,18-,19-,21-/m0/s1. The number of imidazole rings is 1. The summed E-state index contributed by atoms with van der Waals surface area (Å²) in [5.74, 6) is 2.77. The van der Waals surface area contributed by atoms with Gasteiger partial charge >= 0.3 is 0 Å². The van der Waals surface area contributed by atoms with Crippen molar-refractivity contribution in [2.45, 2.75) is 64.4 Å². The van der Waals surface area contributed by atoms with E-state index >= 15 is 0 Å². The van der Waals surface area contributed by atoms with Gasteiger partial charge in [-0.05, 0) is 64.9 Å². The number of pyridine rings is 1. The molecule has 0 amide bonds. The van der Waals surface area contributed by atoms with Crippen LogP contribution < -0.4 is 9.64 Å². The highest BCUT2D eigenvalue weighted by Gasteiger charge is 2.29. The molecular formula is C26H35N5O2. The van der Waals surface area contributed by atoms with E-state index in [9.17, 15) is 0 Å². The third-order valence-electron chi connectivity index (χ3n) is 7.07. The van der Waals surface area contributed by atoms with Crippen LogP contribution in [0.2, 0.25) is 0 Å². The molecule has 2 saturated heterocycles. The molecule has 2 fully saturated rings. The Kier molecular flexibility index (Phi) is 6.01. The summed E-state index contributed by atoms with van der Waals surface area (Å²) in [7, 11) is 3.87. The minimum Gasteiger partial charge on any atom is -0.494 e. The Morgan fingerprint density at radius 3 is 2.52 bits per heavy atom. The molecule has 7 nitrogen and oxygen atoms in total. The molecule has 0 radical (unpaired) electrons. The summed E-state index contributed by atoms with van der Waals surface area (Å²) < 4.78 is 14.3. The van der Waals surface area contributed by atoms with E-state index in [2.05, 4.69) is 54.3 Å². The maximum Gasteiger partial charge on any atom is 0.144 e. The number of likely N-dealkylation sites (N-methyl/N-ethyl adjacent to an activating group) is 1. The first-order valence-electron chi connectivity index (χ1n) is 12.1. The fraction of sp³-hybridized carbons (Fsp3) is 0.538. The van der Waals surface area contributed by atoms with Crippen LogP contribution in [-0.4, -0.2) is 71.0 Å². The third-order valence-corrected chi connectivity index (χ3v) is 7.07. The Morgan fingerprint density at radius 2 is 1.85 bits per heavy atom. The second-order valence-corrected chi connectivity index (χ2v) is 9.75.